The van der Waals surface area contributed by atoms with Crippen LogP contribution in [0, 0.1) is 5.82 Å². The first kappa shape index (κ1) is 17.0. The second-order valence-corrected chi connectivity index (χ2v) is 5.60. The lowest BCUT2D eigenvalue weighted by atomic mass is 10.1. The van der Waals surface area contributed by atoms with Crippen LogP contribution in [0.5, 0.6) is 0 Å². The number of carbonyl (C=O) groups excluding carboxylic acids is 1. The van der Waals surface area contributed by atoms with E-state index in [0.29, 0.717) is 0 Å². The molecule has 0 saturated heterocycles. The van der Waals surface area contributed by atoms with Crippen LogP contribution in [0.1, 0.15) is 42.0 Å². The molecule has 0 bridgehead atoms. The summed E-state index contributed by atoms with van der Waals surface area (Å²) in [5.74, 6) is -2.73. The number of carbonyl (C=O) groups is 2. The molecule has 1 atom stereocenters. The molecule has 0 fully saturated rings. The highest BCUT2D eigenvalue weighted by Crippen LogP contribution is 2.21. The van der Waals surface area contributed by atoms with Crippen LogP contribution in [-0.2, 0) is 4.79 Å². The quantitative estimate of drug-likeness (QED) is 0.877. The fourth-order valence-corrected chi connectivity index (χ4v) is 2.05. The molecule has 2 rings (SSSR count). The maximum Gasteiger partial charge on any atom is 0.330 e. The zero-order chi connectivity index (χ0) is 17.1. The molecule has 2 N–H and O–H groups in total. The Morgan fingerprint density at radius 1 is 1.35 bits per heavy atom. The number of hydrogen-bond acceptors (Lipinski definition) is 3. The van der Waals surface area contributed by atoms with Crippen molar-refractivity contribution in [1.29, 1.82) is 0 Å². The summed E-state index contributed by atoms with van der Waals surface area (Å²) < 4.78 is 15.1. The summed E-state index contributed by atoms with van der Waals surface area (Å²) in [4.78, 5) is 23.5. The maximum atomic E-state index is 13.5. The van der Waals surface area contributed by atoms with E-state index in [1.54, 1.807) is 10.9 Å². The summed E-state index contributed by atoms with van der Waals surface area (Å²) in [6.07, 6.45) is 1.62. The van der Waals surface area contributed by atoms with Crippen molar-refractivity contribution in [3.63, 3.8) is 0 Å². The summed E-state index contributed by atoms with van der Waals surface area (Å²) in [5, 5.41) is 15.5. The average molecular weight is 340 g/mol. The van der Waals surface area contributed by atoms with E-state index >= 15 is 0 Å². The van der Waals surface area contributed by atoms with Gasteiger partial charge in [0, 0.05) is 12.2 Å². The highest BCUT2D eigenvalue weighted by molar-refractivity contribution is 6.30. The molecular formula is C15H15ClFN3O3. The van der Waals surface area contributed by atoms with Crippen LogP contribution < -0.4 is 5.32 Å². The number of rotatable bonds is 5. The lowest BCUT2D eigenvalue weighted by Crippen LogP contribution is -2.34. The van der Waals surface area contributed by atoms with E-state index in [4.69, 9.17) is 11.6 Å². The molecule has 23 heavy (non-hydrogen) atoms. The zero-order valence-electron chi connectivity index (χ0n) is 12.5. The minimum atomic E-state index is -1.40. The summed E-state index contributed by atoms with van der Waals surface area (Å²) in [5.41, 5.74) is 0.162. The van der Waals surface area contributed by atoms with Gasteiger partial charge in [-0.1, -0.05) is 17.7 Å². The standard InChI is InChI=1S/C15H15ClFN3O3/c1-8(2)20-6-5-12(19-20)14(21)18-13(15(22)23)9-3-4-10(16)11(17)7-9/h3-8,13H,1-2H3,(H,18,21)(H,22,23)/t13-/m0/s1. The van der Waals surface area contributed by atoms with E-state index < -0.39 is 23.7 Å². The van der Waals surface area contributed by atoms with Crippen molar-refractivity contribution in [3.8, 4) is 0 Å². The number of aromatic nitrogens is 2. The lowest BCUT2D eigenvalue weighted by molar-refractivity contribution is -0.139. The first-order valence-electron chi connectivity index (χ1n) is 6.83. The summed E-state index contributed by atoms with van der Waals surface area (Å²) in [6, 6.07) is 3.71. The van der Waals surface area contributed by atoms with Crippen molar-refractivity contribution in [2.45, 2.75) is 25.9 Å². The van der Waals surface area contributed by atoms with Crippen LogP contribution >= 0.6 is 11.6 Å². The van der Waals surface area contributed by atoms with Crippen LogP contribution in [0.2, 0.25) is 5.02 Å². The molecule has 1 amide bonds. The number of hydrogen-bond donors (Lipinski definition) is 2. The molecule has 0 aliphatic rings. The molecule has 0 saturated carbocycles. The molecule has 122 valence electrons. The van der Waals surface area contributed by atoms with Crippen molar-refractivity contribution in [3.05, 3.63) is 52.6 Å². The second-order valence-electron chi connectivity index (χ2n) is 5.19. The number of benzene rings is 1. The Morgan fingerprint density at radius 2 is 2.04 bits per heavy atom. The number of carboxylic acid groups (broad SMARTS) is 1. The van der Waals surface area contributed by atoms with E-state index in [9.17, 15) is 19.1 Å². The Bertz CT molecular complexity index is 745. The fraction of sp³-hybridized carbons (Fsp3) is 0.267. The Kier molecular flexibility index (Phi) is 5.00. The number of carboxylic acids is 1. The van der Waals surface area contributed by atoms with Crippen molar-refractivity contribution in [2.75, 3.05) is 0 Å². The van der Waals surface area contributed by atoms with Crippen LogP contribution in [-0.4, -0.2) is 26.8 Å². The molecule has 1 aromatic carbocycles. The largest absolute Gasteiger partial charge is 0.479 e. The molecule has 0 spiro atoms. The van der Waals surface area contributed by atoms with Gasteiger partial charge in [0.15, 0.2) is 6.04 Å². The molecular weight excluding hydrogens is 325 g/mol. The Morgan fingerprint density at radius 3 is 2.57 bits per heavy atom. The van der Waals surface area contributed by atoms with Gasteiger partial charge in [0.2, 0.25) is 0 Å². The van der Waals surface area contributed by atoms with Gasteiger partial charge < -0.3 is 10.4 Å². The van der Waals surface area contributed by atoms with Gasteiger partial charge in [0.25, 0.3) is 5.91 Å². The molecule has 1 aromatic heterocycles. The predicted molar refractivity (Wildman–Crippen MR) is 81.9 cm³/mol. The van der Waals surface area contributed by atoms with Gasteiger partial charge in [-0.3, -0.25) is 9.48 Å². The number of aliphatic carboxylic acids is 1. The van der Waals surface area contributed by atoms with Gasteiger partial charge >= 0.3 is 5.97 Å². The Balaban J connectivity index is 2.23. The van der Waals surface area contributed by atoms with Crippen molar-refractivity contribution >= 4 is 23.5 Å². The highest BCUT2D eigenvalue weighted by atomic mass is 35.5. The summed E-state index contributed by atoms with van der Waals surface area (Å²) in [6.45, 7) is 3.79. The van der Waals surface area contributed by atoms with Crippen molar-refractivity contribution in [2.24, 2.45) is 0 Å². The van der Waals surface area contributed by atoms with Gasteiger partial charge in [-0.2, -0.15) is 5.10 Å². The minimum absolute atomic E-state index is 0.0668. The summed E-state index contributed by atoms with van der Waals surface area (Å²) in [7, 11) is 0. The minimum Gasteiger partial charge on any atom is -0.479 e. The molecule has 2 aromatic rings. The molecule has 6 nitrogen and oxygen atoms in total. The Labute approximate surface area is 136 Å². The van der Waals surface area contributed by atoms with E-state index in [1.165, 1.54) is 18.2 Å². The van der Waals surface area contributed by atoms with Crippen LogP contribution in [0.3, 0.4) is 0 Å². The third kappa shape index (κ3) is 3.87. The van der Waals surface area contributed by atoms with Gasteiger partial charge in [0.1, 0.15) is 11.5 Å². The van der Waals surface area contributed by atoms with Gasteiger partial charge in [0.05, 0.1) is 5.02 Å². The topological polar surface area (TPSA) is 84.2 Å². The Hall–Kier alpha value is -2.41. The van der Waals surface area contributed by atoms with Crippen LogP contribution in [0.15, 0.2) is 30.5 Å². The molecule has 8 heteroatoms. The second kappa shape index (κ2) is 6.78. The normalized spacial score (nSPS) is 12.2. The fourth-order valence-electron chi connectivity index (χ4n) is 1.93. The predicted octanol–water partition coefficient (Wildman–Crippen LogP) is 2.81. The highest BCUT2D eigenvalue weighted by Gasteiger charge is 2.24. The van der Waals surface area contributed by atoms with Crippen LogP contribution in [0.4, 0.5) is 4.39 Å². The van der Waals surface area contributed by atoms with E-state index in [1.807, 2.05) is 13.8 Å². The molecule has 0 aliphatic carbocycles. The van der Waals surface area contributed by atoms with Gasteiger partial charge in [-0.15, -0.1) is 0 Å². The molecule has 1 heterocycles. The van der Waals surface area contributed by atoms with Crippen molar-refractivity contribution < 1.29 is 19.1 Å². The first-order valence-corrected chi connectivity index (χ1v) is 7.21. The maximum absolute atomic E-state index is 13.5. The lowest BCUT2D eigenvalue weighted by Gasteiger charge is -2.14. The molecule has 0 radical (unpaired) electrons. The third-order valence-electron chi connectivity index (χ3n) is 3.17. The number of nitrogens with one attached hydrogen (secondary N) is 1. The van der Waals surface area contributed by atoms with E-state index in [-0.39, 0.29) is 22.3 Å². The molecule has 0 aliphatic heterocycles. The number of amides is 1. The first-order chi connectivity index (χ1) is 10.8. The van der Waals surface area contributed by atoms with Crippen LogP contribution in [0.25, 0.3) is 0 Å². The van der Waals surface area contributed by atoms with E-state index in [2.05, 4.69) is 10.4 Å². The number of halogens is 2. The monoisotopic (exact) mass is 339 g/mol. The summed E-state index contributed by atoms with van der Waals surface area (Å²) >= 11 is 5.58. The van der Waals surface area contributed by atoms with E-state index in [0.717, 1.165) is 6.07 Å². The average Bonchev–Trinajstić information content (AvgIpc) is 2.97. The SMILES string of the molecule is CC(C)n1ccc(C(=O)N[C@H](C(=O)O)c2ccc(Cl)c(F)c2)n1. The van der Waals surface area contributed by atoms with Gasteiger partial charge in [-0.25, -0.2) is 9.18 Å². The van der Waals surface area contributed by atoms with Gasteiger partial charge in [-0.05, 0) is 37.6 Å². The zero-order valence-corrected chi connectivity index (χ0v) is 13.2. The smallest absolute Gasteiger partial charge is 0.330 e. The third-order valence-corrected chi connectivity index (χ3v) is 3.48. The molecule has 0 unspecified atom stereocenters. The number of nitrogens with zero attached hydrogens (tertiary/aromatic N) is 2. The van der Waals surface area contributed by atoms with Crippen molar-refractivity contribution in [1.82, 2.24) is 15.1 Å².